The molecule has 2 aromatic carbocycles. The van der Waals surface area contributed by atoms with Crippen LogP contribution in [-0.2, 0) is 12.5 Å². The third-order valence-electron chi connectivity index (χ3n) is 5.54. The van der Waals surface area contributed by atoms with Crippen LogP contribution in [0.5, 0.6) is 5.75 Å². The van der Waals surface area contributed by atoms with Gasteiger partial charge in [0, 0.05) is 12.1 Å². The zero-order chi connectivity index (χ0) is 22.6. The number of hydrogen-bond donors (Lipinski definition) is 0. The van der Waals surface area contributed by atoms with E-state index in [1.807, 2.05) is 19.1 Å². The van der Waals surface area contributed by atoms with Crippen LogP contribution in [-0.4, -0.2) is 0 Å². The quantitative estimate of drug-likeness (QED) is 0.353. The predicted octanol–water partition coefficient (Wildman–Crippen LogP) is 7.27. The normalized spacial score (nSPS) is 15.3. The molecule has 1 saturated carbocycles. The van der Waals surface area contributed by atoms with E-state index in [9.17, 15) is 17.6 Å². The second kappa shape index (κ2) is 9.51. The first kappa shape index (κ1) is 22.8. The van der Waals surface area contributed by atoms with E-state index in [-0.39, 0.29) is 11.5 Å². The van der Waals surface area contributed by atoms with Crippen molar-refractivity contribution in [1.82, 2.24) is 0 Å². The van der Waals surface area contributed by atoms with Crippen molar-refractivity contribution in [2.75, 3.05) is 0 Å². The van der Waals surface area contributed by atoms with Crippen molar-refractivity contribution < 1.29 is 26.7 Å². The summed E-state index contributed by atoms with van der Waals surface area (Å²) in [5, 5.41) is 8.71. The minimum Gasteiger partial charge on any atom is -0.429 e. The Labute approximate surface area is 178 Å². The molecule has 0 N–H and O–H groups in total. The zero-order valence-electron chi connectivity index (χ0n) is 17.0. The lowest BCUT2D eigenvalue weighted by Crippen LogP contribution is -2.25. The molecule has 0 bridgehead atoms. The molecule has 3 rings (SSSR count). The van der Waals surface area contributed by atoms with Gasteiger partial charge in [-0.25, -0.2) is 13.2 Å². The van der Waals surface area contributed by atoms with Crippen LogP contribution in [0.2, 0.25) is 0 Å². The van der Waals surface area contributed by atoms with Crippen molar-refractivity contribution in [2.24, 2.45) is 0 Å². The molecule has 31 heavy (non-hydrogen) atoms. The number of alkyl halides is 2. The molecule has 0 aliphatic heterocycles. The molecule has 2 aromatic rings. The number of nitriles is 1. The Morgan fingerprint density at radius 1 is 1.10 bits per heavy atom. The van der Waals surface area contributed by atoms with Gasteiger partial charge in [-0.2, -0.15) is 14.0 Å². The molecule has 0 radical (unpaired) electrons. The van der Waals surface area contributed by atoms with Gasteiger partial charge in [-0.3, -0.25) is 0 Å². The van der Waals surface area contributed by atoms with E-state index in [0.717, 1.165) is 25.3 Å². The Morgan fingerprint density at radius 2 is 1.74 bits per heavy atom. The third kappa shape index (κ3) is 4.90. The standard InChI is InChI=1S/C24H22F5NO/c1-2-3-7-16-10-11-19(23(27)22(16)15-8-5-4-6-9-15)24(28,29)31-17-12-20(25)18(14-30)21(26)13-17/h2-3,10-13,15H,4-9H2,1H3/b3-2+. The number of hydrogen-bond acceptors (Lipinski definition) is 2. The number of ether oxygens (including phenoxy) is 1. The van der Waals surface area contributed by atoms with Gasteiger partial charge in [0.15, 0.2) is 0 Å². The first-order valence-corrected chi connectivity index (χ1v) is 10.2. The molecule has 2 nitrogen and oxygen atoms in total. The largest absolute Gasteiger partial charge is 0.429 e. The molecule has 1 aliphatic rings. The highest BCUT2D eigenvalue weighted by atomic mass is 19.3. The zero-order valence-corrected chi connectivity index (χ0v) is 17.0. The molecule has 1 fully saturated rings. The van der Waals surface area contributed by atoms with Crippen molar-refractivity contribution in [1.29, 1.82) is 5.26 Å². The van der Waals surface area contributed by atoms with E-state index in [2.05, 4.69) is 4.74 Å². The number of nitrogens with zero attached hydrogens (tertiary/aromatic N) is 1. The van der Waals surface area contributed by atoms with E-state index in [1.54, 1.807) is 0 Å². The smallest absolute Gasteiger partial charge is 0.429 e. The second-order valence-electron chi connectivity index (χ2n) is 7.60. The molecular formula is C24H22F5NO. The van der Waals surface area contributed by atoms with Crippen LogP contribution in [0.25, 0.3) is 0 Å². The Balaban J connectivity index is 2.01. The van der Waals surface area contributed by atoms with E-state index >= 15 is 4.39 Å². The van der Waals surface area contributed by atoms with E-state index in [4.69, 9.17) is 5.26 Å². The number of benzene rings is 2. The summed E-state index contributed by atoms with van der Waals surface area (Å²) in [6.45, 7) is 1.82. The molecule has 0 aromatic heterocycles. The van der Waals surface area contributed by atoms with Crippen molar-refractivity contribution >= 4 is 0 Å². The first-order valence-electron chi connectivity index (χ1n) is 10.2. The molecular weight excluding hydrogens is 413 g/mol. The highest BCUT2D eigenvalue weighted by Gasteiger charge is 2.40. The average molecular weight is 435 g/mol. The lowest BCUT2D eigenvalue weighted by molar-refractivity contribution is -0.187. The van der Waals surface area contributed by atoms with Gasteiger partial charge in [-0.1, -0.05) is 37.5 Å². The Kier molecular flexibility index (Phi) is 6.99. The summed E-state index contributed by atoms with van der Waals surface area (Å²) in [6, 6.07) is 4.68. The van der Waals surface area contributed by atoms with Gasteiger partial charge in [-0.15, -0.1) is 0 Å². The Bertz CT molecular complexity index is 996. The van der Waals surface area contributed by atoms with Crippen LogP contribution in [0.3, 0.4) is 0 Å². The minimum atomic E-state index is -4.17. The monoisotopic (exact) mass is 435 g/mol. The topological polar surface area (TPSA) is 33.0 Å². The summed E-state index contributed by atoms with van der Waals surface area (Å²) < 4.78 is 77.3. The minimum absolute atomic E-state index is 0.172. The number of allylic oxidation sites excluding steroid dienone is 2. The summed E-state index contributed by atoms with van der Waals surface area (Å²) in [5.41, 5.74) is -0.995. The maximum absolute atomic E-state index is 15.4. The van der Waals surface area contributed by atoms with Crippen molar-refractivity contribution in [3.8, 4) is 11.8 Å². The van der Waals surface area contributed by atoms with Gasteiger partial charge in [0.1, 0.15) is 40.4 Å². The molecule has 164 valence electrons. The van der Waals surface area contributed by atoms with Crippen LogP contribution < -0.4 is 4.74 Å². The first-order chi connectivity index (χ1) is 14.8. The summed E-state index contributed by atoms with van der Waals surface area (Å²) in [6.07, 6.45) is 4.13. The van der Waals surface area contributed by atoms with Crippen LogP contribution in [0.1, 0.15) is 67.2 Å². The molecule has 0 saturated heterocycles. The summed E-state index contributed by atoms with van der Waals surface area (Å²) >= 11 is 0. The molecule has 0 amide bonds. The maximum atomic E-state index is 15.4. The molecule has 0 atom stereocenters. The molecule has 7 heteroatoms. The van der Waals surface area contributed by atoms with E-state index < -0.39 is 40.4 Å². The maximum Gasteiger partial charge on any atom is 0.429 e. The number of halogens is 5. The van der Waals surface area contributed by atoms with Gasteiger partial charge in [0.25, 0.3) is 0 Å². The van der Waals surface area contributed by atoms with Crippen molar-refractivity contribution in [3.05, 3.63) is 76.1 Å². The van der Waals surface area contributed by atoms with E-state index in [1.165, 1.54) is 12.1 Å². The molecule has 0 heterocycles. The van der Waals surface area contributed by atoms with Gasteiger partial charge < -0.3 is 4.74 Å². The average Bonchev–Trinajstić information content (AvgIpc) is 2.72. The highest BCUT2D eigenvalue weighted by molar-refractivity contribution is 5.41. The van der Waals surface area contributed by atoms with Gasteiger partial charge in [0.2, 0.25) is 0 Å². The van der Waals surface area contributed by atoms with Crippen LogP contribution >= 0.6 is 0 Å². The fourth-order valence-corrected chi connectivity index (χ4v) is 4.03. The van der Waals surface area contributed by atoms with Crippen LogP contribution in [0, 0.1) is 28.8 Å². The van der Waals surface area contributed by atoms with E-state index in [0.29, 0.717) is 37.0 Å². The Morgan fingerprint density at radius 3 is 2.32 bits per heavy atom. The number of rotatable bonds is 6. The van der Waals surface area contributed by atoms with Crippen LogP contribution in [0.4, 0.5) is 22.0 Å². The van der Waals surface area contributed by atoms with Gasteiger partial charge >= 0.3 is 6.11 Å². The summed E-state index contributed by atoms with van der Waals surface area (Å²) in [4.78, 5) is 0. The van der Waals surface area contributed by atoms with Crippen molar-refractivity contribution in [2.45, 2.75) is 57.5 Å². The highest BCUT2D eigenvalue weighted by Crippen LogP contribution is 2.41. The van der Waals surface area contributed by atoms with Crippen molar-refractivity contribution in [3.63, 3.8) is 0 Å². The fraction of sp³-hybridized carbons (Fsp3) is 0.375. The molecule has 0 spiro atoms. The summed E-state index contributed by atoms with van der Waals surface area (Å²) in [7, 11) is 0. The lowest BCUT2D eigenvalue weighted by Gasteiger charge is -2.27. The Hall–Kier alpha value is -2.88. The second-order valence-corrected chi connectivity index (χ2v) is 7.60. The predicted molar refractivity (Wildman–Crippen MR) is 106 cm³/mol. The fourth-order valence-electron chi connectivity index (χ4n) is 4.03. The SMILES string of the molecule is C/C=C/Cc1ccc(C(F)(F)Oc2cc(F)c(C#N)c(F)c2)c(F)c1C1CCCCC1. The van der Waals surface area contributed by atoms with Gasteiger partial charge in [0.05, 0.1) is 0 Å². The molecule has 1 aliphatic carbocycles. The lowest BCUT2D eigenvalue weighted by atomic mass is 9.80. The molecule has 0 unspecified atom stereocenters. The van der Waals surface area contributed by atoms with Gasteiger partial charge in [-0.05, 0) is 49.3 Å². The van der Waals surface area contributed by atoms with Crippen LogP contribution in [0.15, 0.2) is 36.4 Å². The third-order valence-corrected chi connectivity index (χ3v) is 5.54. The summed E-state index contributed by atoms with van der Waals surface area (Å²) in [5.74, 6) is -4.73.